The molecular weight excluding hydrogens is 701 g/mol. The van der Waals surface area contributed by atoms with Crippen LogP contribution in [0.15, 0.2) is 23.3 Å². The summed E-state index contributed by atoms with van der Waals surface area (Å²) in [4.78, 5) is 0. The number of allylic oxidation sites excluding steroid dienone is 3. The van der Waals surface area contributed by atoms with Crippen molar-refractivity contribution in [2.45, 2.75) is 233 Å². The molecule has 4 aliphatic rings. The first-order valence-electron chi connectivity index (χ1n) is 22.3. The van der Waals surface area contributed by atoms with Crippen molar-refractivity contribution < 1.29 is 18.0 Å². The molecule has 0 aromatic rings. The fourth-order valence-corrected chi connectivity index (χ4v) is 16.0. The highest BCUT2D eigenvalue weighted by molar-refractivity contribution is 6.74. The molecule has 0 heterocycles. The maximum Gasteiger partial charge on any atom is 0.192 e. The lowest BCUT2D eigenvalue weighted by Gasteiger charge is -2.49. The van der Waals surface area contributed by atoms with Gasteiger partial charge in [-0.15, -0.1) is 0 Å². The first kappa shape index (κ1) is 45.7. The van der Waals surface area contributed by atoms with Crippen LogP contribution in [-0.4, -0.2) is 55.5 Å². The molecule has 0 aromatic carbocycles. The van der Waals surface area contributed by atoms with Crippen LogP contribution in [0.2, 0.25) is 54.4 Å². The monoisotopic (exact) mass is 789 g/mol. The summed E-state index contributed by atoms with van der Waals surface area (Å²) >= 11 is 0. The third-order valence-electron chi connectivity index (χ3n) is 16.8. The highest BCUT2D eigenvalue weighted by Crippen LogP contribution is 2.62. The standard InChI is InChI=1S/C46H88O4Si3/c1-19-53(20-2,21-3)50-44(12,13)34(4)33-47-35(5)38-26-27-39-37(23-22-28-45(38,39)14)25-24-36-31-40(48-51(15,16)42(6,7)8)46(29-30-46)41(32-36)49-52(17,18)43(9,10)11/h24-25,34-35,38-41H,19-23,26-33H2,1-18H3/b37-25+/t34-,35+,38?,39?,40+,41+,45?/m0/s1. The van der Waals surface area contributed by atoms with Gasteiger partial charge in [-0.3, -0.25) is 0 Å². The van der Waals surface area contributed by atoms with E-state index in [1.165, 1.54) is 63.1 Å². The highest BCUT2D eigenvalue weighted by atomic mass is 28.4. The van der Waals surface area contributed by atoms with Crippen LogP contribution in [0.4, 0.5) is 0 Å². The van der Waals surface area contributed by atoms with E-state index >= 15 is 0 Å². The van der Waals surface area contributed by atoms with Gasteiger partial charge in [0.2, 0.25) is 0 Å². The molecule has 0 amide bonds. The second kappa shape index (κ2) is 16.3. The van der Waals surface area contributed by atoms with Gasteiger partial charge in [-0.05, 0) is 150 Å². The van der Waals surface area contributed by atoms with Crippen LogP contribution in [0.1, 0.15) is 155 Å². The molecule has 0 bridgehead atoms. The van der Waals surface area contributed by atoms with Crippen molar-refractivity contribution >= 4 is 25.0 Å². The first-order chi connectivity index (χ1) is 24.2. The molecule has 0 N–H and O–H groups in total. The van der Waals surface area contributed by atoms with Crippen LogP contribution >= 0.6 is 0 Å². The van der Waals surface area contributed by atoms with E-state index in [1.54, 1.807) is 11.1 Å². The van der Waals surface area contributed by atoms with Crippen molar-refractivity contribution in [3.05, 3.63) is 23.3 Å². The molecule has 4 fully saturated rings. The van der Waals surface area contributed by atoms with Crippen LogP contribution < -0.4 is 0 Å². The van der Waals surface area contributed by atoms with Gasteiger partial charge in [0, 0.05) is 11.3 Å². The molecule has 4 saturated carbocycles. The maximum absolute atomic E-state index is 7.39. The molecule has 7 atom stereocenters. The van der Waals surface area contributed by atoms with Crippen molar-refractivity contribution in [2.24, 2.45) is 28.6 Å². The van der Waals surface area contributed by atoms with E-state index in [0.29, 0.717) is 23.2 Å². The number of fused-ring (bicyclic) bond motifs is 1. The van der Waals surface area contributed by atoms with Crippen LogP contribution in [0.25, 0.3) is 0 Å². The predicted octanol–water partition coefficient (Wildman–Crippen LogP) is 14.3. The Balaban J connectivity index is 1.52. The summed E-state index contributed by atoms with van der Waals surface area (Å²) in [6, 6.07) is 3.58. The van der Waals surface area contributed by atoms with Crippen LogP contribution in [0.3, 0.4) is 0 Å². The molecule has 3 unspecified atom stereocenters. The van der Waals surface area contributed by atoms with Gasteiger partial charge in [0.25, 0.3) is 0 Å². The summed E-state index contributed by atoms with van der Waals surface area (Å²) in [5.41, 5.74) is 3.59. The Hall–Kier alpha value is -0.0294. The van der Waals surface area contributed by atoms with E-state index in [4.69, 9.17) is 18.0 Å². The fourth-order valence-electron chi connectivity index (χ4n) is 9.99. The number of rotatable bonds is 15. The SMILES string of the molecule is CC[Si](CC)(CC)OC(C)(C)[C@@H](C)CO[C@H](C)C1CCC2/C(=C/C=C3C[C@@H](O[Si](C)(C)C(C)(C)C)C4(CC4)[C@H](O[Si](C)(C)C(C)(C)C)C3)CCCC21C. The van der Waals surface area contributed by atoms with Crippen molar-refractivity contribution in [1.82, 2.24) is 0 Å². The molecule has 4 nitrogen and oxygen atoms in total. The van der Waals surface area contributed by atoms with E-state index in [2.05, 4.69) is 135 Å². The Morgan fingerprint density at radius 3 is 1.72 bits per heavy atom. The van der Waals surface area contributed by atoms with Gasteiger partial charge in [0.05, 0.1) is 30.5 Å². The first-order valence-corrected chi connectivity index (χ1v) is 30.6. The largest absolute Gasteiger partial charge is 0.413 e. The van der Waals surface area contributed by atoms with E-state index in [0.717, 1.165) is 19.4 Å². The average Bonchev–Trinajstić information content (AvgIpc) is 3.77. The van der Waals surface area contributed by atoms with Crippen LogP contribution in [0, 0.1) is 28.6 Å². The van der Waals surface area contributed by atoms with Crippen molar-refractivity contribution in [2.75, 3.05) is 6.61 Å². The third-order valence-corrected chi connectivity index (χ3v) is 30.6. The topological polar surface area (TPSA) is 36.9 Å². The van der Waals surface area contributed by atoms with Gasteiger partial charge in [-0.25, -0.2) is 0 Å². The smallest absolute Gasteiger partial charge is 0.192 e. The minimum Gasteiger partial charge on any atom is -0.413 e. The Bertz CT molecular complexity index is 1240. The van der Waals surface area contributed by atoms with Gasteiger partial charge in [0.15, 0.2) is 25.0 Å². The predicted molar refractivity (Wildman–Crippen MR) is 236 cm³/mol. The van der Waals surface area contributed by atoms with E-state index in [9.17, 15) is 0 Å². The highest BCUT2D eigenvalue weighted by Gasteiger charge is 2.61. The van der Waals surface area contributed by atoms with Crippen LogP contribution in [-0.2, 0) is 18.0 Å². The summed E-state index contributed by atoms with van der Waals surface area (Å²) < 4.78 is 28.7. The van der Waals surface area contributed by atoms with Gasteiger partial charge < -0.3 is 18.0 Å². The molecule has 7 heteroatoms. The van der Waals surface area contributed by atoms with Crippen molar-refractivity contribution in [3.8, 4) is 0 Å². The Morgan fingerprint density at radius 2 is 1.26 bits per heavy atom. The number of ether oxygens (including phenoxy) is 1. The van der Waals surface area contributed by atoms with Crippen molar-refractivity contribution in [3.63, 3.8) is 0 Å². The fraction of sp³-hybridized carbons (Fsp3) is 0.913. The Labute approximate surface area is 333 Å². The second-order valence-corrected chi connectivity index (χ2v) is 36.6. The average molecular weight is 789 g/mol. The lowest BCUT2D eigenvalue weighted by atomic mass is 9.62. The lowest BCUT2D eigenvalue weighted by Crippen LogP contribution is -2.54. The summed E-state index contributed by atoms with van der Waals surface area (Å²) in [5, 5.41) is 0.395. The molecule has 53 heavy (non-hydrogen) atoms. The number of hydrogen-bond donors (Lipinski definition) is 0. The van der Waals surface area contributed by atoms with Gasteiger partial charge in [-0.1, -0.05) is 99.5 Å². The number of hydrogen-bond acceptors (Lipinski definition) is 4. The van der Waals surface area contributed by atoms with Gasteiger partial charge in [0.1, 0.15) is 0 Å². The van der Waals surface area contributed by atoms with Gasteiger partial charge in [-0.2, -0.15) is 0 Å². The van der Waals surface area contributed by atoms with E-state index in [1.807, 2.05) is 0 Å². The van der Waals surface area contributed by atoms with Gasteiger partial charge >= 0.3 is 0 Å². The molecular formula is C46H88O4Si3. The summed E-state index contributed by atoms with van der Waals surface area (Å²) in [6.07, 6.45) is 17.0. The Kier molecular flexibility index (Phi) is 14.1. The molecule has 0 aromatic heterocycles. The van der Waals surface area contributed by atoms with E-state index in [-0.39, 0.29) is 39.4 Å². The normalized spacial score (nSPS) is 30.5. The lowest BCUT2D eigenvalue weighted by molar-refractivity contribution is -0.0675. The zero-order valence-corrected chi connectivity index (χ0v) is 41.4. The van der Waals surface area contributed by atoms with Crippen molar-refractivity contribution in [1.29, 1.82) is 0 Å². The molecule has 0 aliphatic heterocycles. The zero-order valence-electron chi connectivity index (χ0n) is 38.4. The molecule has 0 radical (unpaired) electrons. The second-order valence-electron chi connectivity index (χ2n) is 22.4. The minimum atomic E-state index is -1.94. The zero-order chi connectivity index (χ0) is 40.1. The summed E-state index contributed by atoms with van der Waals surface area (Å²) in [7, 11) is -5.57. The molecule has 1 spiro atoms. The molecule has 0 saturated heterocycles. The molecule has 4 aliphatic carbocycles. The Morgan fingerprint density at radius 1 is 0.755 bits per heavy atom. The summed E-state index contributed by atoms with van der Waals surface area (Å²) in [6.45, 7) is 43.9. The third kappa shape index (κ3) is 9.65. The quantitative estimate of drug-likeness (QED) is 0.155. The van der Waals surface area contributed by atoms with E-state index < -0.39 is 25.0 Å². The maximum atomic E-state index is 7.39. The minimum absolute atomic E-state index is 0.161. The molecule has 308 valence electrons. The van der Waals surface area contributed by atoms with Crippen LogP contribution in [0.5, 0.6) is 0 Å². The summed E-state index contributed by atoms with van der Waals surface area (Å²) in [5.74, 6) is 1.62. The molecule has 4 rings (SSSR count).